The highest BCUT2D eigenvalue weighted by Crippen LogP contribution is 2.27. The van der Waals surface area contributed by atoms with Gasteiger partial charge in [-0.25, -0.2) is 0 Å². The molecule has 0 fully saturated rings. The van der Waals surface area contributed by atoms with Crippen molar-refractivity contribution in [2.45, 2.75) is 38.4 Å². The number of hydrogen-bond acceptors (Lipinski definition) is 5. The van der Waals surface area contributed by atoms with Crippen LogP contribution in [0.3, 0.4) is 0 Å². The highest BCUT2D eigenvalue weighted by atomic mass is 32.2. The highest BCUT2D eigenvalue weighted by Gasteiger charge is 2.18. The number of carbonyl (C=O) groups excluding carboxylic acids is 1. The van der Waals surface area contributed by atoms with Crippen molar-refractivity contribution < 1.29 is 9.21 Å². The van der Waals surface area contributed by atoms with Gasteiger partial charge in [0.05, 0.1) is 17.6 Å². The number of aromatic nitrogens is 3. The predicted octanol–water partition coefficient (Wildman–Crippen LogP) is 4.38. The first-order chi connectivity index (χ1) is 12.7. The zero-order valence-electron chi connectivity index (χ0n) is 14.9. The van der Waals surface area contributed by atoms with Gasteiger partial charge in [0.1, 0.15) is 5.76 Å². The fraction of sp³-hybridized carbons (Fsp3) is 0.316. The van der Waals surface area contributed by atoms with Crippen LogP contribution in [0.5, 0.6) is 0 Å². The minimum Gasteiger partial charge on any atom is -0.469 e. The highest BCUT2D eigenvalue weighted by molar-refractivity contribution is 7.99. The molecule has 0 bridgehead atoms. The second-order valence-electron chi connectivity index (χ2n) is 5.90. The van der Waals surface area contributed by atoms with Gasteiger partial charge in [0.2, 0.25) is 5.91 Å². The molecule has 0 aliphatic rings. The van der Waals surface area contributed by atoms with Crippen molar-refractivity contribution in [3.05, 3.63) is 48.4 Å². The molecule has 0 unspecified atom stereocenters. The zero-order valence-corrected chi connectivity index (χ0v) is 15.8. The molecular weight excluding hydrogens is 348 g/mol. The number of nitrogens with zero attached hydrogens (tertiary/aromatic N) is 3. The summed E-state index contributed by atoms with van der Waals surface area (Å²) in [5.41, 5.74) is 1.73. The average Bonchev–Trinajstić information content (AvgIpc) is 3.24. The molecule has 0 spiro atoms. The molecule has 0 aliphatic heterocycles. The van der Waals surface area contributed by atoms with E-state index in [0.29, 0.717) is 0 Å². The van der Waals surface area contributed by atoms with E-state index in [1.165, 1.54) is 11.8 Å². The molecule has 3 rings (SSSR count). The van der Waals surface area contributed by atoms with E-state index in [1.54, 1.807) is 6.26 Å². The van der Waals surface area contributed by atoms with Crippen molar-refractivity contribution >= 4 is 23.4 Å². The first kappa shape index (κ1) is 18.3. The third-order valence-corrected chi connectivity index (χ3v) is 4.91. The second-order valence-corrected chi connectivity index (χ2v) is 6.85. The van der Waals surface area contributed by atoms with E-state index in [1.807, 2.05) is 43.3 Å². The van der Waals surface area contributed by atoms with Gasteiger partial charge in [0.25, 0.3) is 0 Å². The van der Waals surface area contributed by atoms with Crippen molar-refractivity contribution in [2.75, 3.05) is 11.1 Å². The Morgan fingerprint density at radius 3 is 2.73 bits per heavy atom. The molecule has 0 radical (unpaired) electrons. The number of benzene rings is 1. The molecule has 3 aromatic rings. The van der Waals surface area contributed by atoms with Gasteiger partial charge in [-0.3, -0.25) is 4.79 Å². The molecule has 0 atom stereocenters. The first-order valence-electron chi connectivity index (χ1n) is 8.64. The summed E-state index contributed by atoms with van der Waals surface area (Å²) in [6.07, 6.45) is 3.75. The van der Waals surface area contributed by atoms with Gasteiger partial charge in [-0.05, 0) is 31.5 Å². The zero-order chi connectivity index (χ0) is 18.4. The number of unbranched alkanes of at least 4 members (excludes halogenated alkanes) is 1. The minimum atomic E-state index is -0.0627. The standard InChI is InChI=1S/C19H22N4O2S/c1-3-4-11-23-18(16-10-12-25-14(16)2)21-22-19(23)26-13-17(24)20-15-8-6-5-7-9-15/h5-10,12H,3-4,11,13H2,1-2H3,(H,20,24). The number of para-hydroxylation sites is 1. The Labute approximate surface area is 157 Å². The number of furan rings is 1. The largest absolute Gasteiger partial charge is 0.469 e. The third-order valence-electron chi connectivity index (χ3n) is 3.94. The summed E-state index contributed by atoms with van der Waals surface area (Å²) >= 11 is 1.40. The van der Waals surface area contributed by atoms with Crippen LogP contribution in [0.4, 0.5) is 5.69 Å². The molecule has 0 saturated carbocycles. The number of carbonyl (C=O) groups is 1. The van der Waals surface area contributed by atoms with E-state index >= 15 is 0 Å². The van der Waals surface area contributed by atoms with Gasteiger partial charge >= 0.3 is 0 Å². The van der Waals surface area contributed by atoms with Crippen molar-refractivity contribution in [1.29, 1.82) is 0 Å². The minimum absolute atomic E-state index is 0.0627. The maximum atomic E-state index is 12.2. The fourth-order valence-electron chi connectivity index (χ4n) is 2.58. The van der Waals surface area contributed by atoms with Gasteiger partial charge in [-0.1, -0.05) is 43.3 Å². The summed E-state index contributed by atoms with van der Waals surface area (Å²) < 4.78 is 7.47. The molecule has 0 aliphatic carbocycles. The lowest BCUT2D eigenvalue weighted by molar-refractivity contribution is -0.113. The number of nitrogens with one attached hydrogen (secondary N) is 1. The van der Waals surface area contributed by atoms with Crippen LogP contribution >= 0.6 is 11.8 Å². The molecule has 1 N–H and O–H groups in total. The lowest BCUT2D eigenvalue weighted by Gasteiger charge is -2.09. The molecule has 26 heavy (non-hydrogen) atoms. The van der Waals surface area contributed by atoms with Gasteiger partial charge in [-0.2, -0.15) is 0 Å². The lowest BCUT2D eigenvalue weighted by Crippen LogP contribution is -2.14. The van der Waals surface area contributed by atoms with E-state index in [9.17, 15) is 4.79 Å². The van der Waals surface area contributed by atoms with Crippen molar-refractivity contribution in [1.82, 2.24) is 14.8 Å². The SMILES string of the molecule is CCCCn1c(SCC(=O)Nc2ccccc2)nnc1-c1ccoc1C. The molecule has 136 valence electrons. The maximum absolute atomic E-state index is 12.2. The summed E-state index contributed by atoms with van der Waals surface area (Å²) in [4.78, 5) is 12.2. The van der Waals surface area contributed by atoms with Crippen LogP contribution < -0.4 is 5.32 Å². The number of hydrogen-bond donors (Lipinski definition) is 1. The summed E-state index contributed by atoms with van der Waals surface area (Å²) in [7, 11) is 0. The van der Waals surface area contributed by atoms with Gasteiger partial charge in [0.15, 0.2) is 11.0 Å². The first-order valence-corrected chi connectivity index (χ1v) is 9.63. The summed E-state index contributed by atoms with van der Waals surface area (Å²) in [5.74, 6) is 1.82. The van der Waals surface area contributed by atoms with Gasteiger partial charge < -0.3 is 14.3 Å². The molecule has 1 amide bonds. The van der Waals surface area contributed by atoms with Crippen molar-refractivity contribution in [2.24, 2.45) is 0 Å². The molecule has 7 heteroatoms. The molecular formula is C19H22N4O2S. The Bertz CT molecular complexity index is 858. The average molecular weight is 370 g/mol. The van der Waals surface area contributed by atoms with Crippen LogP contribution in [0.1, 0.15) is 25.5 Å². The van der Waals surface area contributed by atoms with Crippen LogP contribution in [0.15, 0.2) is 52.2 Å². The number of aryl methyl sites for hydroxylation is 1. The molecule has 0 saturated heterocycles. The Morgan fingerprint density at radius 1 is 1.23 bits per heavy atom. The summed E-state index contributed by atoms with van der Waals surface area (Å²) in [6, 6.07) is 11.3. The van der Waals surface area contributed by atoms with E-state index in [0.717, 1.165) is 47.4 Å². The normalized spacial score (nSPS) is 10.8. The fourth-order valence-corrected chi connectivity index (χ4v) is 3.34. The number of amides is 1. The summed E-state index contributed by atoms with van der Waals surface area (Å²) in [5, 5.41) is 12.3. The van der Waals surface area contributed by atoms with Crippen molar-refractivity contribution in [3.8, 4) is 11.4 Å². The topological polar surface area (TPSA) is 73.0 Å². The van der Waals surface area contributed by atoms with E-state index in [4.69, 9.17) is 4.42 Å². The Kier molecular flexibility index (Phi) is 6.12. The Hall–Kier alpha value is -2.54. The molecule has 1 aromatic carbocycles. The third kappa shape index (κ3) is 4.35. The molecule has 2 aromatic heterocycles. The number of anilines is 1. The van der Waals surface area contributed by atoms with Crippen LogP contribution in [0.25, 0.3) is 11.4 Å². The quantitative estimate of drug-likeness (QED) is 0.596. The van der Waals surface area contributed by atoms with E-state index in [2.05, 4.69) is 27.0 Å². The maximum Gasteiger partial charge on any atom is 0.234 e. The van der Waals surface area contributed by atoms with E-state index < -0.39 is 0 Å². The monoisotopic (exact) mass is 370 g/mol. The van der Waals surface area contributed by atoms with Crippen LogP contribution in [0, 0.1) is 6.92 Å². The van der Waals surface area contributed by atoms with Gasteiger partial charge in [0, 0.05) is 12.2 Å². The van der Waals surface area contributed by atoms with E-state index in [-0.39, 0.29) is 11.7 Å². The van der Waals surface area contributed by atoms with Crippen molar-refractivity contribution in [3.63, 3.8) is 0 Å². The van der Waals surface area contributed by atoms with Crippen LogP contribution in [0.2, 0.25) is 0 Å². The Morgan fingerprint density at radius 2 is 2.04 bits per heavy atom. The molecule has 6 nitrogen and oxygen atoms in total. The summed E-state index contributed by atoms with van der Waals surface area (Å²) in [6.45, 7) is 4.87. The van der Waals surface area contributed by atoms with Crippen LogP contribution in [-0.4, -0.2) is 26.4 Å². The number of thioether (sulfide) groups is 1. The lowest BCUT2D eigenvalue weighted by atomic mass is 10.2. The van der Waals surface area contributed by atoms with Gasteiger partial charge in [-0.15, -0.1) is 10.2 Å². The smallest absolute Gasteiger partial charge is 0.234 e. The van der Waals surface area contributed by atoms with Crippen LogP contribution in [-0.2, 0) is 11.3 Å². The number of rotatable bonds is 8. The Balaban J connectivity index is 1.72. The predicted molar refractivity (Wildman–Crippen MR) is 103 cm³/mol. The molecule has 2 heterocycles. The second kappa shape index (κ2) is 8.71.